The van der Waals surface area contributed by atoms with Gasteiger partial charge in [-0.2, -0.15) is 0 Å². The number of carbonyl (C=O) groups excluding carboxylic acids is 1. The van der Waals surface area contributed by atoms with E-state index < -0.39 is 0 Å². The van der Waals surface area contributed by atoms with Crippen molar-refractivity contribution in [3.8, 4) is 0 Å². The van der Waals surface area contributed by atoms with Crippen LogP contribution in [-0.2, 0) is 11.3 Å². The Balaban J connectivity index is 0.00000312. The third-order valence-corrected chi connectivity index (χ3v) is 4.49. The Bertz CT molecular complexity index is 563. The van der Waals surface area contributed by atoms with Gasteiger partial charge >= 0.3 is 0 Å². The molecule has 1 heterocycles. The predicted octanol–water partition coefficient (Wildman–Crippen LogP) is 3.71. The lowest BCUT2D eigenvalue weighted by molar-refractivity contribution is -0.118. The standard InChI is InChI=1S/C19H30N4O.HI/c1-14(2)18(24)22-17-7-5-16(6-8-17)13-21-19(20-4)23-11-9-15(3)10-12-23;/h5-8,14-15H,9-13H2,1-4H3,(H,20,21)(H,22,24);1H. The molecule has 1 saturated heterocycles. The first-order valence-corrected chi connectivity index (χ1v) is 8.85. The van der Waals surface area contributed by atoms with E-state index in [2.05, 4.69) is 27.4 Å². The van der Waals surface area contributed by atoms with Crippen molar-refractivity contribution in [2.45, 2.75) is 40.2 Å². The Hall–Kier alpha value is -1.31. The Morgan fingerprint density at radius 1 is 1.24 bits per heavy atom. The van der Waals surface area contributed by atoms with Gasteiger partial charge in [-0.25, -0.2) is 0 Å². The number of anilines is 1. The summed E-state index contributed by atoms with van der Waals surface area (Å²) in [4.78, 5) is 18.4. The first kappa shape index (κ1) is 21.7. The lowest BCUT2D eigenvalue weighted by atomic mass is 9.99. The highest BCUT2D eigenvalue weighted by molar-refractivity contribution is 14.0. The van der Waals surface area contributed by atoms with Crippen LogP contribution < -0.4 is 10.6 Å². The number of piperidine rings is 1. The Labute approximate surface area is 168 Å². The van der Waals surface area contributed by atoms with Crippen LogP contribution in [0.25, 0.3) is 0 Å². The maximum Gasteiger partial charge on any atom is 0.226 e. The van der Waals surface area contributed by atoms with E-state index in [0.29, 0.717) is 0 Å². The normalized spacial score (nSPS) is 15.7. The maximum atomic E-state index is 11.7. The zero-order valence-corrected chi connectivity index (χ0v) is 18.0. The molecular formula is C19H31IN4O. The van der Waals surface area contributed by atoms with Crippen molar-refractivity contribution in [3.05, 3.63) is 29.8 Å². The molecule has 1 fully saturated rings. The summed E-state index contributed by atoms with van der Waals surface area (Å²) < 4.78 is 0. The van der Waals surface area contributed by atoms with Gasteiger partial charge in [-0.3, -0.25) is 9.79 Å². The van der Waals surface area contributed by atoms with Gasteiger partial charge in [0, 0.05) is 38.3 Å². The molecule has 1 aromatic carbocycles. The van der Waals surface area contributed by atoms with Crippen LogP contribution in [0.4, 0.5) is 5.69 Å². The monoisotopic (exact) mass is 458 g/mol. The minimum atomic E-state index is -0.0121. The summed E-state index contributed by atoms with van der Waals surface area (Å²) >= 11 is 0. The van der Waals surface area contributed by atoms with E-state index in [0.717, 1.165) is 37.2 Å². The molecule has 140 valence electrons. The maximum absolute atomic E-state index is 11.7. The van der Waals surface area contributed by atoms with E-state index in [1.807, 2.05) is 45.2 Å². The largest absolute Gasteiger partial charge is 0.352 e. The van der Waals surface area contributed by atoms with Crippen molar-refractivity contribution in [2.24, 2.45) is 16.8 Å². The van der Waals surface area contributed by atoms with Crippen molar-refractivity contribution in [2.75, 3.05) is 25.5 Å². The molecule has 0 bridgehead atoms. The quantitative estimate of drug-likeness (QED) is 0.411. The van der Waals surface area contributed by atoms with Crippen LogP contribution in [0, 0.1) is 11.8 Å². The molecule has 6 heteroatoms. The minimum Gasteiger partial charge on any atom is -0.352 e. The van der Waals surface area contributed by atoms with Gasteiger partial charge in [-0.1, -0.05) is 32.9 Å². The first-order chi connectivity index (χ1) is 11.5. The predicted molar refractivity (Wildman–Crippen MR) is 115 cm³/mol. The fourth-order valence-electron chi connectivity index (χ4n) is 2.73. The van der Waals surface area contributed by atoms with Gasteiger partial charge in [-0.15, -0.1) is 24.0 Å². The molecule has 5 nitrogen and oxygen atoms in total. The lowest BCUT2D eigenvalue weighted by Crippen LogP contribution is -2.45. The molecule has 1 amide bonds. The number of carbonyl (C=O) groups is 1. The van der Waals surface area contributed by atoms with Gasteiger partial charge in [0.15, 0.2) is 5.96 Å². The van der Waals surface area contributed by atoms with Crippen LogP contribution in [0.2, 0.25) is 0 Å². The zero-order chi connectivity index (χ0) is 17.5. The van der Waals surface area contributed by atoms with Crippen LogP contribution in [0.15, 0.2) is 29.3 Å². The fourth-order valence-corrected chi connectivity index (χ4v) is 2.73. The number of nitrogens with one attached hydrogen (secondary N) is 2. The fraction of sp³-hybridized carbons (Fsp3) is 0.579. The molecule has 25 heavy (non-hydrogen) atoms. The third kappa shape index (κ3) is 6.84. The third-order valence-electron chi connectivity index (χ3n) is 4.49. The summed E-state index contributed by atoms with van der Waals surface area (Å²) in [6, 6.07) is 7.97. The van der Waals surface area contributed by atoms with Gasteiger partial charge in [-0.05, 0) is 36.5 Å². The van der Waals surface area contributed by atoms with Crippen LogP contribution in [-0.4, -0.2) is 36.9 Å². The number of likely N-dealkylation sites (tertiary alicyclic amines) is 1. The molecule has 0 spiro atoms. The number of aliphatic imine (C=N–C) groups is 1. The second kappa shape index (κ2) is 10.6. The van der Waals surface area contributed by atoms with E-state index in [4.69, 9.17) is 0 Å². The SMILES string of the molecule is CN=C(NCc1ccc(NC(=O)C(C)C)cc1)N1CCC(C)CC1.I. The number of nitrogens with zero attached hydrogens (tertiary/aromatic N) is 2. The summed E-state index contributed by atoms with van der Waals surface area (Å²) in [6.45, 7) is 8.97. The Morgan fingerprint density at radius 3 is 2.36 bits per heavy atom. The Kier molecular flexibility index (Phi) is 9.24. The summed E-state index contributed by atoms with van der Waals surface area (Å²) in [5.41, 5.74) is 2.01. The molecule has 1 aliphatic rings. The van der Waals surface area contributed by atoms with E-state index in [9.17, 15) is 4.79 Å². The summed E-state index contributed by atoms with van der Waals surface area (Å²) in [7, 11) is 1.84. The lowest BCUT2D eigenvalue weighted by Gasteiger charge is -2.32. The average molecular weight is 458 g/mol. The van der Waals surface area contributed by atoms with Gasteiger partial charge in [0.2, 0.25) is 5.91 Å². The molecular weight excluding hydrogens is 427 g/mol. The molecule has 0 saturated carbocycles. The van der Waals surface area contributed by atoms with E-state index in [-0.39, 0.29) is 35.8 Å². The van der Waals surface area contributed by atoms with Crippen molar-refractivity contribution in [1.29, 1.82) is 0 Å². The molecule has 0 unspecified atom stereocenters. The zero-order valence-electron chi connectivity index (χ0n) is 15.7. The highest BCUT2D eigenvalue weighted by atomic mass is 127. The van der Waals surface area contributed by atoms with Gasteiger partial charge in [0.25, 0.3) is 0 Å². The molecule has 0 radical (unpaired) electrons. The molecule has 1 aliphatic heterocycles. The van der Waals surface area contributed by atoms with Crippen molar-refractivity contribution in [3.63, 3.8) is 0 Å². The number of hydrogen-bond acceptors (Lipinski definition) is 2. The number of benzene rings is 1. The number of guanidine groups is 1. The summed E-state index contributed by atoms with van der Waals surface area (Å²) in [5.74, 6) is 1.81. The average Bonchev–Trinajstić information content (AvgIpc) is 2.58. The van der Waals surface area contributed by atoms with Gasteiger partial charge < -0.3 is 15.5 Å². The van der Waals surface area contributed by atoms with E-state index in [1.54, 1.807) is 0 Å². The van der Waals surface area contributed by atoms with E-state index in [1.165, 1.54) is 18.4 Å². The number of hydrogen-bond donors (Lipinski definition) is 2. The second-order valence-corrected chi connectivity index (χ2v) is 6.91. The molecule has 0 aromatic heterocycles. The molecule has 1 aromatic rings. The number of halogens is 1. The highest BCUT2D eigenvalue weighted by Crippen LogP contribution is 2.16. The Morgan fingerprint density at radius 2 is 1.84 bits per heavy atom. The van der Waals surface area contributed by atoms with Crippen LogP contribution in [0.5, 0.6) is 0 Å². The van der Waals surface area contributed by atoms with Crippen molar-refractivity contribution >= 4 is 41.5 Å². The summed E-state index contributed by atoms with van der Waals surface area (Å²) in [5, 5.41) is 6.35. The molecule has 0 atom stereocenters. The van der Waals surface area contributed by atoms with Crippen molar-refractivity contribution in [1.82, 2.24) is 10.2 Å². The molecule has 2 N–H and O–H groups in total. The van der Waals surface area contributed by atoms with E-state index >= 15 is 0 Å². The van der Waals surface area contributed by atoms with Gasteiger partial charge in [0.05, 0.1) is 0 Å². The minimum absolute atomic E-state index is 0. The molecule has 2 rings (SSSR count). The van der Waals surface area contributed by atoms with Crippen LogP contribution in [0.1, 0.15) is 39.2 Å². The van der Waals surface area contributed by atoms with Crippen LogP contribution in [0.3, 0.4) is 0 Å². The molecule has 0 aliphatic carbocycles. The number of rotatable bonds is 4. The highest BCUT2D eigenvalue weighted by Gasteiger charge is 2.18. The van der Waals surface area contributed by atoms with Gasteiger partial charge in [0.1, 0.15) is 0 Å². The smallest absolute Gasteiger partial charge is 0.226 e. The topological polar surface area (TPSA) is 56.7 Å². The number of amides is 1. The van der Waals surface area contributed by atoms with Crippen molar-refractivity contribution < 1.29 is 4.79 Å². The van der Waals surface area contributed by atoms with Crippen LogP contribution >= 0.6 is 24.0 Å². The summed E-state index contributed by atoms with van der Waals surface area (Å²) in [6.07, 6.45) is 2.45. The first-order valence-electron chi connectivity index (χ1n) is 8.85. The second-order valence-electron chi connectivity index (χ2n) is 6.91.